The summed E-state index contributed by atoms with van der Waals surface area (Å²) in [4.78, 5) is 10.7. The highest BCUT2D eigenvalue weighted by atomic mass is 32.1. The minimum Gasteiger partial charge on any atom is -0.444 e. The molecule has 0 aromatic carbocycles. The molecule has 0 amide bonds. The third-order valence-electron chi connectivity index (χ3n) is 0.772. The zero-order valence-electron chi connectivity index (χ0n) is 5.83. The number of rotatable bonds is 3. The molecular formula is C6H11NO2S. The Morgan fingerprint density at radius 3 is 2.70 bits per heavy atom. The number of hydrogen-bond donors (Lipinski definition) is 2. The van der Waals surface area contributed by atoms with E-state index < -0.39 is 12.2 Å². The van der Waals surface area contributed by atoms with Crippen molar-refractivity contribution in [3.8, 4) is 0 Å². The first kappa shape index (κ1) is 9.52. The molecule has 0 spiro atoms. The summed E-state index contributed by atoms with van der Waals surface area (Å²) in [6.07, 6.45) is -0.580. The lowest BCUT2D eigenvalue weighted by atomic mass is 10.3. The van der Waals surface area contributed by atoms with Gasteiger partial charge in [0.15, 0.2) is 0 Å². The van der Waals surface area contributed by atoms with Crippen molar-refractivity contribution in [2.45, 2.75) is 13.2 Å². The van der Waals surface area contributed by atoms with Crippen molar-refractivity contribution in [3.05, 3.63) is 12.2 Å². The van der Waals surface area contributed by atoms with E-state index in [1.54, 1.807) is 6.92 Å². The third-order valence-corrected chi connectivity index (χ3v) is 1.15. The van der Waals surface area contributed by atoms with Crippen molar-refractivity contribution in [3.63, 3.8) is 0 Å². The van der Waals surface area contributed by atoms with Gasteiger partial charge in [-0.3, -0.25) is 5.73 Å². The molecule has 0 aromatic rings. The van der Waals surface area contributed by atoms with E-state index in [2.05, 4.69) is 23.9 Å². The van der Waals surface area contributed by atoms with E-state index in [1.165, 1.54) is 0 Å². The maximum Gasteiger partial charge on any atom is 0.335 e. The molecule has 1 atom stereocenters. The monoisotopic (exact) mass is 161 g/mol. The molecule has 0 aliphatic rings. The Labute approximate surface area is 65.6 Å². The number of esters is 1. The maximum absolute atomic E-state index is 10.7. The Kier molecular flexibility index (Phi) is 4.14. The summed E-state index contributed by atoms with van der Waals surface area (Å²) in [5.74, 6) is -0.184. The normalized spacial score (nSPS) is 12.3. The SMILES string of the molecule is C=C(CS)C(=O)OC(C)N. The molecule has 0 radical (unpaired) electrons. The van der Waals surface area contributed by atoms with Gasteiger partial charge in [0.05, 0.1) is 0 Å². The van der Waals surface area contributed by atoms with Gasteiger partial charge in [-0.25, -0.2) is 4.79 Å². The molecule has 3 nitrogen and oxygen atoms in total. The van der Waals surface area contributed by atoms with Crippen molar-refractivity contribution in [2.75, 3.05) is 5.75 Å². The number of nitrogens with two attached hydrogens (primary N) is 1. The first-order valence-electron chi connectivity index (χ1n) is 2.83. The first-order valence-corrected chi connectivity index (χ1v) is 3.46. The average Bonchev–Trinajstić information content (AvgIpc) is 1.85. The average molecular weight is 161 g/mol. The summed E-state index contributed by atoms with van der Waals surface area (Å²) in [5.41, 5.74) is 5.50. The second-order valence-electron chi connectivity index (χ2n) is 1.87. The Morgan fingerprint density at radius 1 is 1.90 bits per heavy atom. The van der Waals surface area contributed by atoms with E-state index in [0.29, 0.717) is 11.3 Å². The van der Waals surface area contributed by atoms with Crippen molar-refractivity contribution >= 4 is 18.6 Å². The molecule has 1 unspecified atom stereocenters. The van der Waals surface area contributed by atoms with Gasteiger partial charge in [0.25, 0.3) is 0 Å². The zero-order valence-corrected chi connectivity index (χ0v) is 6.73. The molecule has 0 saturated carbocycles. The summed E-state index contributed by atoms with van der Waals surface area (Å²) in [6.45, 7) is 4.99. The Balaban J connectivity index is 3.74. The summed E-state index contributed by atoms with van der Waals surface area (Å²) < 4.78 is 4.59. The molecule has 0 fully saturated rings. The van der Waals surface area contributed by atoms with Crippen molar-refractivity contribution in [1.82, 2.24) is 0 Å². The summed E-state index contributed by atoms with van der Waals surface area (Å²) in [5, 5.41) is 0. The van der Waals surface area contributed by atoms with Crippen molar-refractivity contribution in [2.24, 2.45) is 5.73 Å². The van der Waals surface area contributed by atoms with E-state index in [9.17, 15) is 4.79 Å². The van der Waals surface area contributed by atoms with Crippen LogP contribution in [-0.4, -0.2) is 18.0 Å². The van der Waals surface area contributed by atoms with E-state index >= 15 is 0 Å². The molecule has 2 N–H and O–H groups in total. The molecule has 0 aliphatic heterocycles. The Morgan fingerprint density at radius 2 is 2.40 bits per heavy atom. The van der Waals surface area contributed by atoms with E-state index in [1.807, 2.05) is 0 Å². The molecule has 58 valence electrons. The molecule has 0 heterocycles. The second kappa shape index (κ2) is 4.35. The summed E-state index contributed by atoms with van der Waals surface area (Å²) in [7, 11) is 0. The highest BCUT2D eigenvalue weighted by Crippen LogP contribution is 1.97. The number of carbonyl (C=O) groups excluding carboxylic acids is 1. The van der Waals surface area contributed by atoms with Crippen LogP contribution in [0.3, 0.4) is 0 Å². The van der Waals surface area contributed by atoms with Crippen LogP contribution in [0.5, 0.6) is 0 Å². The number of ether oxygens (including phenoxy) is 1. The van der Waals surface area contributed by atoms with Gasteiger partial charge in [0, 0.05) is 11.3 Å². The Hall–Kier alpha value is -0.480. The molecule has 10 heavy (non-hydrogen) atoms. The predicted molar refractivity (Wildman–Crippen MR) is 42.7 cm³/mol. The van der Waals surface area contributed by atoms with Gasteiger partial charge in [-0.1, -0.05) is 6.58 Å². The molecule has 0 aromatic heterocycles. The molecule has 0 rings (SSSR count). The molecule has 0 saturated heterocycles. The molecule has 0 aliphatic carbocycles. The van der Waals surface area contributed by atoms with E-state index in [-0.39, 0.29) is 0 Å². The van der Waals surface area contributed by atoms with Gasteiger partial charge in [-0.05, 0) is 6.92 Å². The predicted octanol–water partition coefficient (Wildman–Crippen LogP) is 0.320. The highest BCUT2D eigenvalue weighted by molar-refractivity contribution is 7.80. The minimum absolute atomic E-state index is 0.297. The lowest BCUT2D eigenvalue weighted by Gasteiger charge is -2.07. The minimum atomic E-state index is -0.580. The Bertz CT molecular complexity index is 145. The lowest BCUT2D eigenvalue weighted by molar-refractivity contribution is -0.142. The highest BCUT2D eigenvalue weighted by Gasteiger charge is 2.07. The van der Waals surface area contributed by atoms with Gasteiger partial charge < -0.3 is 4.74 Å². The smallest absolute Gasteiger partial charge is 0.335 e. The quantitative estimate of drug-likeness (QED) is 0.271. The van der Waals surface area contributed by atoms with Gasteiger partial charge in [0.2, 0.25) is 0 Å². The topological polar surface area (TPSA) is 52.3 Å². The van der Waals surface area contributed by atoms with Crippen molar-refractivity contribution in [1.29, 1.82) is 0 Å². The third kappa shape index (κ3) is 3.53. The van der Waals surface area contributed by atoms with Crippen LogP contribution in [0.15, 0.2) is 12.2 Å². The lowest BCUT2D eigenvalue weighted by Crippen LogP contribution is -2.24. The summed E-state index contributed by atoms with van der Waals surface area (Å²) >= 11 is 3.84. The molecular weight excluding hydrogens is 150 g/mol. The van der Waals surface area contributed by atoms with Gasteiger partial charge >= 0.3 is 5.97 Å². The summed E-state index contributed by atoms with van der Waals surface area (Å²) in [6, 6.07) is 0. The molecule has 0 bridgehead atoms. The fourth-order valence-electron chi connectivity index (χ4n) is 0.317. The van der Waals surface area contributed by atoms with Crippen LogP contribution in [0.25, 0.3) is 0 Å². The largest absolute Gasteiger partial charge is 0.444 e. The first-order chi connectivity index (χ1) is 4.57. The van der Waals surface area contributed by atoms with Crippen molar-refractivity contribution < 1.29 is 9.53 Å². The van der Waals surface area contributed by atoms with Gasteiger partial charge in [0.1, 0.15) is 6.23 Å². The van der Waals surface area contributed by atoms with Crippen LogP contribution in [0.1, 0.15) is 6.92 Å². The van der Waals surface area contributed by atoms with Crippen LogP contribution in [0.2, 0.25) is 0 Å². The van der Waals surface area contributed by atoms with E-state index in [0.717, 1.165) is 0 Å². The standard InChI is InChI=1S/C6H11NO2S/c1-4(3-10)6(8)9-5(2)7/h5,10H,1,3,7H2,2H3. The number of thiol groups is 1. The zero-order chi connectivity index (χ0) is 8.15. The maximum atomic E-state index is 10.7. The van der Waals surface area contributed by atoms with Crippen LogP contribution in [0, 0.1) is 0 Å². The van der Waals surface area contributed by atoms with Gasteiger partial charge in [-0.15, -0.1) is 0 Å². The number of carbonyl (C=O) groups is 1. The van der Waals surface area contributed by atoms with Crippen LogP contribution in [0.4, 0.5) is 0 Å². The fraction of sp³-hybridized carbons (Fsp3) is 0.500. The second-order valence-corrected chi connectivity index (χ2v) is 2.19. The van der Waals surface area contributed by atoms with E-state index in [4.69, 9.17) is 5.73 Å². The van der Waals surface area contributed by atoms with Crippen LogP contribution < -0.4 is 5.73 Å². The van der Waals surface area contributed by atoms with Crippen LogP contribution >= 0.6 is 12.6 Å². The van der Waals surface area contributed by atoms with Crippen LogP contribution in [-0.2, 0) is 9.53 Å². The fourth-order valence-corrected chi connectivity index (χ4v) is 0.446. The van der Waals surface area contributed by atoms with Gasteiger partial charge in [-0.2, -0.15) is 12.6 Å². The molecule has 4 heteroatoms. The number of hydrogen-bond acceptors (Lipinski definition) is 4.